The van der Waals surface area contributed by atoms with E-state index in [0.29, 0.717) is 6.08 Å². The van der Waals surface area contributed by atoms with E-state index in [-0.39, 0.29) is 51.4 Å². The van der Waals surface area contributed by atoms with Crippen LogP contribution in [0.3, 0.4) is 0 Å². The van der Waals surface area contributed by atoms with Crippen LogP contribution in [0.5, 0.6) is 0 Å². The summed E-state index contributed by atoms with van der Waals surface area (Å²) in [6.45, 7) is 1.90. The molecule has 10 heteroatoms. The largest absolute Gasteiger partial charge is 1.00 e. The molecule has 0 aliphatic rings. The maximum atomic E-state index is 10.8. The molecule has 5 N–H and O–H groups in total. The molecule has 19 heavy (non-hydrogen) atoms. The summed E-state index contributed by atoms with van der Waals surface area (Å²) in [5.41, 5.74) is 0. The summed E-state index contributed by atoms with van der Waals surface area (Å²) >= 11 is 0. The van der Waals surface area contributed by atoms with Gasteiger partial charge in [-0.2, -0.15) is 0 Å². The van der Waals surface area contributed by atoms with E-state index in [1.807, 2.05) is 0 Å². The summed E-state index contributed by atoms with van der Waals surface area (Å²) in [5, 5.41) is 56.1. The minimum Gasteiger partial charge on any atom is -0.543 e. The van der Waals surface area contributed by atoms with Crippen molar-refractivity contribution in [2.75, 3.05) is 6.61 Å². The van der Waals surface area contributed by atoms with Crippen LogP contribution in [0.4, 0.5) is 0 Å². The van der Waals surface area contributed by atoms with E-state index in [1.54, 1.807) is 0 Å². The SMILES string of the molecule is C=CC(=O)O[C@](O)(C(=O)[O-])[C@@H](O)[C@H](O)[C@H](O)CO.[K+]. The number of carboxylic acids is 1. The molecule has 0 fully saturated rings. The molecule has 0 unspecified atom stereocenters. The molecule has 0 aliphatic carbocycles. The standard InChI is InChI=1S/C9H14O9.K/c1-2-5(12)18-9(17,8(15)16)7(14)6(13)4(11)3-10;/h2,4,6-7,10-11,13-14,17H,1,3H2,(H,15,16);/q;+1/p-1/t4-,6-,7+,9+;/m1./s1. The maximum absolute atomic E-state index is 10.8. The van der Waals surface area contributed by atoms with Crippen LogP contribution < -0.4 is 56.5 Å². The number of rotatable bonds is 7. The van der Waals surface area contributed by atoms with Gasteiger partial charge in [0.1, 0.15) is 18.2 Å². The number of carbonyl (C=O) groups excluding carboxylic acids is 2. The predicted octanol–water partition coefficient (Wildman–Crippen LogP) is -7.77. The van der Waals surface area contributed by atoms with Crippen LogP contribution in [0.25, 0.3) is 0 Å². The van der Waals surface area contributed by atoms with E-state index in [2.05, 4.69) is 11.3 Å². The van der Waals surface area contributed by atoms with Gasteiger partial charge < -0.3 is 40.2 Å². The van der Waals surface area contributed by atoms with Crippen molar-refractivity contribution in [2.24, 2.45) is 0 Å². The molecule has 0 heterocycles. The Morgan fingerprint density at radius 2 is 1.84 bits per heavy atom. The van der Waals surface area contributed by atoms with Gasteiger partial charge in [0.15, 0.2) is 6.10 Å². The molecule has 0 aliphatic heterocycles. The molecule has 0 aromatic carbocycles. The first-order valence-corrected chi connectivity index (χ1v) is 4.65. The second-order valence-corrected chi connectivity index (χ2v) is 3.29. The first-order valence-electron chi connectivity index (χ1n) is 4.65. The molecular formula is C9H13KO9. The Labute approximate surface area is 150 Å². The number of aliphatic carboxylic acids is 1. The van der Waals surface area contributed by atoms with Crippen molar-refractivity contribution >= 4 is 11.9 Å². The number of hydrogen-bond donors (Lipinski definition) is 5. The van der Waals surface area contributed by atoms with Gasteiger partial charge in [-0.1, -0.05) is 6.58 Å². The van der Waals surface area contributed by atoms with Crippen LogP contribution in [-0.4, -0.2) is 68.2 Å². The Morgan fingerprint density at radius 3 is 2.16 bits per heavy atom. The van der Waals surface area contributed by atoms with Crippen LogP contribution in [0.2, 0.25) is 0 Å². The van der Waals surface area contributed by atoms with Gasteiger partial charge in [0, 0.05) is 6.08 Å². The third-order valence-electron chi connectivity index (χ3n) is 2.02. The normalized spacial score (nSPS) is 18.2. The number of aliphatic hydroxyl groups excluding tert-OH is 4. The molecule has 4 atom stereocenters. The molecule has 0 aromatic rings. The Balaban J connectivity index is 0. The van der Waals surface area contributed by atoms with E-state index in [1.165, 1.54) is 0 Å². The minimum atomic E-state index is -3.60. The van der Waals surface area contributed by atoms with Gasteiger partial charge in [0.2, 0.25) is 0 Å². The average Bonchev–Trinajstić information content (AvgIpc) is 2.35. The van der Waals surface area contributed by atoms with Crippen molar-refractivity contribution in [2.45, 2.75) is 24.1 Å². The van der Waals surface area contributed by atoms with E-state index >= 15 is 0 Å². The molecule has 0 saturated carbocycles. The zero-order valence-electron chi connectivity index (χ0n) is 10.1. The van der Waals surface area contributed by atoms with Crippen LogP contribution >= 0.6 is 0 Å². The molecule has 0 rings (SSSR count). The second-order valence-electron chi connectivity index (χ2n) is 3.29. The van der Waals surface area contributed by atoms with E-state index in [0.717, 1.165) is 0 Å². The topological polar surface area (TPSA) is 168 Å². The van der Waals surface area contributed by atoms with Gasteiger partial charge in [-0.3, -0.25) is 0 Å². The summed E-state index contributed by atoms with van der Waals surface area (Å²) in [6, 6.07) is 0. The third kappa shape index (κ3) is 5.55. The van der Waals surface area contributed by atoms with Gasteiger partial charge in [0.25, 0.3) is 5.79 Å². The zero-order valence-corrected chi connectivity index (χ0v) is 13.2. The molecule has 9 nitrogen and oxygen atoms in total. The van der Waals surface area contributed by atoms with Crippen molar-refractivity contribution in [1.29, 1.82) is 0 Å². The van der Waals surface area contributed by atoms with Gasteiger partial charge in [-0.25, -0.2) is 4.79 Å². The quantitative estimate of drug-likeness (QED) is 0.133. The zero-order chi connectivity index (χ0) is 14.5. The molecule has 0 amide bonds. The number of ether oxygens (including phenoxy) is 1. The number of aliphatic hydroxyl groups is 5. The molecule has 0 bridgehead atoms. The Kier molecular flexibility index (Phi) is 10.3. The van der Waals surface area contributed by atoms with Crippen LogP contribution in [0, 0.1) is 0 Å². The van der Waals surface area contributed by atoms with Gasteiger partial charge in [-0.15, -0.1) is 0 Å². The monoisotopic (exact) mass is 304 g/mol. The number of hydrogen-bond acceptors (Lipinski definition) is 9. The fraction of sp³-hybridized carbons (Fsp3) is 0.556. The molecule has 104 valence electrons. The molecule has 0 aromatic heterocycles. The number of esters is 1. The first kappa shape index (κ1) is 21.4. The van der Waals surface area contributed by atoms with E-state index < -0.39 is 42.6 Å². The Morgan fingerprint density at radius 1 is 1.37 bits per heavy atom. The van der Waals surface area contributed by atoms with E-state index in [9.17, 15) is 30.0 Å². The second kappa shape index (κ2) is 9.13. The summed E-state index contributed by atoms with van der Waals surface area (Å²) in [7, 11) is 0. The van der Waals surface area contributed by atoms with Gasteiger partial charge in [0.05, 0.1) is 6.61 Å². The number of carbonyl (C=O) groups is 2. The summed E-state index contributed by atoms with van der Waals surface area (Å²) < 4.78 is 3.96. The van der Waals surface area contributed by atoms with Crippen LogP contribution in [-0.2, 0) is 14.3 Å². The number of carboxylic acid groups (broad SMARTS) is 1. The third-order valence-corrected chi connectivity index (χ3v) is 2.02. The summed E-state index contributed by atoms with van der Waals surface area (Å²) in [6.07, 6.45) is -6.41. The minimum absolute atomic E-state index is 0. The van der Waals surface area contributed by atoms with Crippen LogP contribution in [0.1, 0.15) is 0 Å². The molecule has 0 radical (unpaired) electrons. The van der Waals surface area contributed by atoms with Crippen molar-refractivity contribution < 1.29 is 96.3 Å². The smallest absolute Gasteiger partial charge is 0.543 e. The Hall–Kier alpha value is 0.116. The Bertz CT molecular complexity index is 334. The predicted molar refractivity (Wildman–Crippen MR) is 51.4 cm³/mol. The van der Waals surface area contributed by atoms with Crippen molar-refractivity contribution in [3.8, 4) is 0 Å². The summed E-state index contributed by atoms with van der Waals surface area (Å²) in [5.74, 6) is -7.43. The summed E-state index contributed by atoms with van der Waals surface area (Å²) in [4.78, 5) is 21.4. The fourth-order valence-electron chi connectivity index (χ4n) is 0.968. The fourth-order valence-corrected chi connectivity index (χ4v) is 0.968. The molecule has 0 saturated heterocycles. The average molecular weight is 304 g/mol. The van der Waals surface area contributed by atoms with Gasteiger partial charge in [-0.05, 0) is 0 Å². The maximum Gasteiger partial charge on any atom is 1.00 e. The van der Waals surface area contributed by atoms with Crippen LogP contribution in [0.15, 0.2) is 12.7 Å². The van der Waals surface area contributed by atoms with E-state index in [4.69, 9.17) is 10.2 Å². The molecular weight excluding hydrogens is 291 g/mol. The van der Waals surface area contributed by atoms with Crippen molar-refractivity contribution in [3.63, 3.8) is 0 Å². The van der Waals surface area contributed by atoms with Crippen molar-refractivity contribution in [1.82, 2.24) is 0 Å². The van der Waals surface area contributed by atoms with Gasteiger partial charge >= 0.3 is 57.4 Å². The van der Waals surface area contributed by atoms with Crippen molar-refractivity contribution in [3.05, 3.63) is 12.7 Å². The molecule has 0 spiro atoms. The first-order chi connectivity index (χ1) is 8.20.